The van der Waals surface area contributed by atoms with Crippen LogP contribution >= 0.6 is 0 Å². The summed E-state index contributed by atoms with van der Waals surface area (Å²) in [5.41, 5.74) is 1.76. The average molecular weight is 397 g/mol. The summed E-state index contributed by atoms with van der Waals surface area (Å²) in [5.74, 6) is -2.28. The van der Waals surface area contributed by atoms with Gasteiger partial charge in [0.15, 0.2) is 0 Å². The molecule has 0 spiro atoms. The minimum Gasteiger partial charge on any atom is -0.481 e. The van der Waals surface area contributed by atoms with Gasteiger partial charge in [0, 0.05) is 17.3 Å². The van der Waals surface area contributed by atoms with Crippen LogP contribution in [-0.2, 0) is 11.2 Å². The highest BCUT2D eigenvalue weighted by Gasteiger charge is 2.21. The van der Waals surface area contributed by atoms with Crippen molar-refractivity contribution in [1.82, 2.24) is 9.55 Å². The zero-order valence-electron chi connectivity index (χ0n) is 15.6. The molecule has 1 aromatic heterocycles. The molecule has 0 aliphatic heterocycles. The molecule has 0 unspecified atom stereocenters. The fourth-order valence-corrected chi connectivity index (χ4v) is 3.93. The van der Waals surface area contributed by atoms with E-state index in [1.165, 1.54) is 12.1 Å². The lowest BCUT2D eigenvalue weighted by Crippen LogP contribution is -2.20. The molecular formula is C21H20FN3O4. The number of fused-ring (bicyclic) bond motifs is 1. The number of hydrogen-bond acceptors (Lipinski definition) is 3. The van der Waals surface area contributed by atoms with Crippen LogP contribution in [0.4, 0.5) is 10.1 Å². The molecule has 7 nitrogen and oxygen atoms in total. The first-order valence-corrected chi connectivity index (χ1v) is 9.48. The number of nitrogens with one attached hydrogen (secondary N) is 2. The Labute approximate surface area is 165 Å². The van der Waals surface area contributed by atoms with Crippen LogP contribution in [0.25, 0.3) is 11.0 Å². The standard InChI is InChI=1S/C21H20FN3O4/c22-16-11-14(7-5-12(16)10-19(26)27)23-20(28)13-6-8-18-17(9-13)24-21(29)25(18)15-3-1-2-4-15/h5-9,11,15H,1-4,10H2,(H,23,28)(H,24,29)(H,26,27). The van der Waals surface area contributed by atoms with Crippen molar-refractivity contribution in [3.8, 4) is 0 Å². The molecule has 1 aliphatic carbocycles. The largest absolute Gasteiger partial charge is 0.481 e. The number of amides is 1. The van der Waals surface area contributed by atoms with E-state index in [1.807, 2.05) is 0 Å². The lowest BCUT2D eigenvalue weighted by molar-refractivity contribution is -0.136. The molecule has 29 heavy (non-hydrogen) atoms. The van der Waals surface area contributed by atoms with E-state index in [2.05, 4.69) is 10.3 Å². The highest BCUT2D eigenvalue weighted by Crippen LogP contribution is 2.30. The van der Waals surface area contributed by atoms with E-state index in [-0.39, 0.29) is 23.0 Å². The van der Waals surface area contributed by atoms with E-state index in [0.717, 1.165) is 37.3 Å². The summed E-state index contributed by atoms with van der Waals surface area (Å²) in [6.45, 7) is 0. The van der Waals surface area contributed by atoms with Gasteiger partial charge in [0.25, 0.3) is 5.91 Å². The smallest absolute Gasteiger partial charge is 0.326 e. The quantitative estimate of drug-likeness (QED) is 0.613. The number of carboxylic acids is 1. The topological polar surface area (TPSA) is 104 Å². The Kier molecular flexibility index (Phi) is 4.92. The Bertz CT molecular complexity index is 1160. The maximum absolute atomic E-state index is 14.0. The normalized spacial score (nSPS) is 14.4. The van der Waals surface area contributed by atoms with Gasteiger partial charge in [-0.15, -0.1) is 0 Å². The number of aromatic nitrogens is 2. The third kappa shape index (κ3) is 3.78. The number of halogens is 1. The van der Waals surface area contributed by atoms with Crippen molar-refractivity contribution in [1.29, 1.82) is 0 Å². The molecule has 0 atom stereocenters. The zero-order chi connectivity index (χ0) is 20.5. The molecule has 1 heterocycles. The van der Waals surface area contributed by atoms with Gasteiger partial charge in [-0.3, -0.25) is 14.2 Å². The highest BCUT2D eigenvalue weighted by molar-refractivity contribution is 6.06. The molecular weight excluding hydrogens is 377 g/mol. The maximum atomic E-state index is 14.0. The second kappa shape index (κ2) is 7.54. The molecule has 4 rings (SSSR count). The van der Waals surface area contributed by atoms with Crippen LogP contribution in [0.3, 0.4) is 0 Å². The summed E-state index contributed by atoms with van der Waals surface area (Å²) < 4.78 is 15.8. The molecule has 0 saturated heterocycles. The van der Waals surface area contributed by atoms with Crippen molar-refractivity contribution in [2.75, 3.05) is 5.32 Å². The van der Waals surface area contributed by atoms with Crippen LogP contribution in [0.5, 0.6) is 0 Å². The molecule has 1 aliphatic rings. The van der Waals surface area contributed by atoms with Gasteiger partial charge in [0.2, 0.25) is 0 Å². The molecule has 150 valence electrons. The first kappa shape index (κ1) is 18.9. The minimum atomic E-state index is -1.13. The van der Waals surface area contributed by atoms with E-state index < -0.39 is 24.1 Å². The molecule has 2 aromatic carbocycles. The van der Waals surface area contributed by atoms with Crippen molar-refractivity contribution < 1.29 is 19.1 Å². The van der Waals surface area contributed by atoms with Crippen molar-refractivity contribution in [2.24, 2.45) is 0 Å². The highest BCUT2D eigenvalue weighted by atomic mass is 19.1. The Hall–Kier alpha value is -3.42. The Morgan fingerprint density at radius 2 is 1.93 bits per heavy atom. The monoisotopic (exact) mass is 397 g/mol. The zero-order valence-corrected chi connectivity index (χ0v) is 15.6. The number of nitrogens with zero attached hydrogens (tertiary/aromatic N) is 1. The van der Waals surface area contributed by atoms with E-state index >= 15 is 0 Å². The lowest BCUT2D eigenvalue weighted by atomic mass is 10.1. The molecule has 1 saturated carbocycles. The van der Waals surface area contributed by atoms with E-state index in [0.29, 0.717) is 11.1 Å². The predicted molar refractivity (Wildman–Crippen MR) is 106 cm³/mol. The fraction of sp³-hybridized carbons (Fsp3) is 0.286. The van der Waals surface area contributed by atoms with Gasteiger partial charge < -0.3 is 15.4 Å². The number of hydrogen-bond donors (Lipinski definition) is 3. The van der Waals surface area contributed by atoms with Crippen LogP contribution < -0.4 is 11.0 Å². The van der Waals surface area contributed by atoms with Crippen molar-refractivity contribution >= 4 is 28.6 Å². The van der Waals surface area contributed by atoms with Gasteiger partial charge in [0.1, 0.15) is 5.82 Å². The molecule has 1 amide bonds. The number of anilines is 1. The number of aromatic amines is 1. The number of aliphatic carboxylic acids is 1. The molecule has 0 bridgehead atoms. The number of imidazole rings is 1. The third-order valence-electron chi connectivity index (χ3n) is 5.32. The van der Waals surface area contributed by atoms with E-state index in [9.17, 15) is 18.8 Å². The summed E-state index contributed by atoms with van der Waals surface area (Å²) in [7, 11) is 0. The summed E-state index contributed by atoms with van der Waals surface area (Å²) >= 11 is 0. The number of carboxylic acid groups (broad SMARTS) is 1. The number of benzene rings is 2. The summed E-state index contributed by atoms with van der Waals surface area (Å²) in [5, 5.41) is 11.4. The number of H-pyrrole nitrogens is 1. The first-order valence-electron chi connectivity index (χ1n) is 9.48. The van der Waals surface area contributed by atoms with Gasteiger partial charge in [-0.2, -0.15) is 0 Å². The second-order valence-electron chi connectivity index (χ2n) is 7.30. The van der Waals surface area contributed by atoms with Gasteiger partial charge in [0.05, 0.1) is 17.5 Å². The maximum Gasteiger partial charge on any atom is 0.326 e. The van der Waals surface area contributed by atoms with Gasteiger partial charge >= 0.3 is 11.7 Å². The van der Waals surface area contributed by atoms with Gasteiger partial charge in [-0.1, -0.05) is 18.9 Å². The van der Waals surface area contributed by atoms with Crippen LogP contribution in [-0.4, -0.2) is 26.5 Å². The van der Waals surface area contributed by atoms with Crippen molar-refractivity contribution in [3.05, 3.63) is 63.8 Å². The van der Waals surface area contributed by atoms with Crippen LogP contribution in [0.15, 0.2) is 41.2 Å². The third-order valence-corrected chi connectivity index (χ3v) is 5.32. The summed E-state index contributed by atoms with van der Waals surface area (Å²) in [6, 6.07) is 9.04. The molecule has 8 heteroatoms. The van der Waals surface area contributed by atoms with Crippen LogP contribution in [0, 0.1) is 5.82 Å². The SMILES string of the molecule is O=C(O)Cc1ccc(NC(=O)c2ccc3c(c2)[nH]c(=O)n3C2CCCC2)cc1F. The van der Waals surface area contributed by atoms with Gasteiger partial charge in [-0.25, -0.2) is 9.18 Å². The van der Waals surface area contributed by atoms with Crippen LogP contribution in [0.2, 0.25) is 0 Å². The summed E-state index contributed by atoms with van der Waals surface area (Å²) in [6.07, 6.45) is 3.72. The fourth-order valence-electron chi connectivity index (χ4n) is 3.93. The van der Waals surface area contributed by atoms with Crippen LogP contribution in [0.1, 0.15) is 47.6 Å². The Morgan fingerprint density at radius 3 is 2.62 bits per heavy atom. The molecule has 3 aromatic rings. The second-order valence-corrected chi connectivity index (χ2v) is 7.30. The summed E-state index contributed by atoms with van der Waals surface area (Å²) in [4.78, 5) is 38.5. The number of carbonyl (C=O) groups is 2. The number of carbonyl (C=O) groups excluding carboxylic acids is 1. The van der Waals surface area contributed by atoms with Crippen molar-refractivity contribution in [2.45, 2.75) is 38.1 Å². The Balaban J connectivity index is 1.57. The van der Waals surface area contributed by atoms with Crippen molar-refractivity contribution in [3.63, 3.8) is 0 Å². The Morgan fingerprint density at radius 1 is 1.17 bits per heavy atom. The molecule has 1 fully saturated rings. The van der Waals surface area contributed by atoms with Gasteiger partial charge in [-0.05, 0) is 48.7 Å². The molecule has 3 N–H and O–H groups in total. The molecule has 0 radical (unpaired) electrons. The predicted octanol–water partition coefficient (Wildman–Crippen LogP) is 3.46. The minimum absolute atomic E-state index is 0.0442. The number of rotatable bonds is 5. The van der Waals surface area contributed by atoms with E-state index in [4.69, 9.17) is 5.11 Å². The lowest BCUT2D eigenvalue weighted by Gasteiger charge is -2.11. The average Bonchev–Trinajstić information content (AvgIpc) is 3.29. The first-order chi connectivity index (χ1) is 13.9. The van der Waals surface area contributed by atoms with E-state index in [1.54, 1.807) is 22.8 Å².